The zero-order chi connectivity index (χ0) is 17.5. The number of aromatic nitrogens is 1. The Balaban J connectivity index is 2.08. The summed E-state index contributed by atoms with van der Waals surface area (Å²) in [5.74, 6) is 0. The molecule has 0 spiro atoms. The van der Waals surface area contributed by atoms with Gasteiger partial charge in [0, 0.05) is 25.5 Å². The van der Waals surface area contributed by atoms with Crippen LogP contribution in [0.2, 0.25) is 0 Å². The van der Waals surface area contributed by atoms with E-state index in [4.69, 9.17) is 0 Å². The minimum Gasteiger partial charge on any atom is -0.311 e. The summed E-state index contributed by atoms with van der Waals surface area (Å²) >= 11 is 0. The summed E-state index contributed by atoms with van der Waals surface area (Å²) in [7, 11) is -0.413. The van der Waals surface area contributed by atoms with Crippen molar-refractivity contribution in [3.8, 4) is 0 Å². The molecule has 0 bridgehead atoms. The zero-order valence-electron chi connectivity index (χ0n) is 13.7. The van der Waals surface area contributed by atoms with E-state index in [1.54, 1.807) is 55.6 Å². The first-order valence-electron chi connectivity index (χ1n) is 7.46. The fourth-order valence-corrected chi connectivity index (χ4v) is 3.76. The molecule has 0 saturated heterocycles. The average molecular weight is 342 g/mol. The highest BCUT2D eigenvalue weighted by atomic mass is 32.2. The van der Waals surface area contributed by atoms with Crippen LogP contribution in [-0.4, -0.2) is 20.0 Å². The van der Waals surface area contributed by atoms with Gasteiger partial charge in [0.05, 0.1) is 16.1 Å². The van der Waals surface area contributed by atoms with Gasteiger partial charge in [-0.1, -0.05) is 17.7 Å². The number of hydrogen-bond acceptors (Lipinski definition) is 3. The van der Waals surface area contributed by atoms with Crippen LogP contribution in [-0.2, 0) is 17.1 Å². The summed E-state index contributed by atoms with van der Waals surface area (Å²) in [6, 6.07) is 15.2. The number of sulfonamides is 1. The molecule has 0 radical (unpaired) electrons. The van der Waals surface area contributed by atoms with E-state index in [-0.39, 0.29) is 10.5 Å². The Morgan fingerprint density at radius 3 is 2.29 bits per heavy atom. The van der Waals surface area contributed by atoms with Crippen LogP contribution in [0.3, 0.4) is 0 Å². The van der Waals surface area contributed by atoms with Crippen LogP contribution >= 0.6 is 0 Å². The Morgan fingerprint density at radius 2 is 1.62 bits per heavy atom. The average Bonchev–Trinajstić information content (AvgIpc) is 2.57. The molecule has 0 amide bonds. The van der Waals surface area contributed by atoms with Gasteiger partial charge in [-0.25, -0.2) is 8.42 Å². The number of benzene rings is 2. The maximum absolute atomic E-state index is 12.8. The first-order valence-corrected chi connectivity index (χ1v) is 8.90. The van der Waals surface area contributed by atoms with E-state index >= 15 is 0 Å². The predicted octanol–water partition coefficient (Wildman–Crippen LogP) is 2.67. The van der Waals surface area contributed by atoms with Crippen molar-refractivity contribution in [1.29, 1.82) is 0 Å². The van der Waals surface area contributed by atoms with Crippen LogP contribution < -0.4 is 9.86 Å². The highest BCUT2D eigenvalue weighted by Crippen LogP contribution is 2.25. The smallest absolute Gasteiger partial charge is 0.264 e. The van der Waals surface area contributed by atoms with Crippen LogP contribution in [0.25, 0.3) is 10.9 Å². The monoisotopic (exact) mass is 342 g/mol. The molecule has 0 saturated carbocycles. The zero-order valence-corrected chi connectivity index (χ0v) is 14.5. The lowest BCUT2D eigenvalue weighted by molar-refractivity contribution is 0.594. The number of nitrogens with zero attached hydrogens (tertiary/aromatic N) is 2. The van der Waals surface area contributed by atoms with Gasteiger partial charge in [0.25, 0.3) is 15.6 Å². The van der Waals surface area contributed by atoms with E-state index in [0.29, 0.717) is 5.69 Å². The van der Waals surface area contributed by atoms with Crippen LogP contribution in [0.5, 0.6) is 0 Å². The third-order valence-corrected chi connectivity index (χ3v) is 5.95. The first kappa shape index (κ1) is 16.3. The van der Waals surface area contributed by atoms with Gasteiger partial charge in [0.1, 0.15) is 0 Å². The van der Waals surface area contributed by atoms with Crippen molar-refractivity contribution in [1.82, 2.24) is 4.57 Å². The highest BCUT2D eigenvalue weighted by Gasteiger charge is 2.21. The lowest BCUT2D eigenvalue weighted by atomic mass is 10.2. The Hall–Kier alpha value is -2.60. The molecule has 24 heavy (non-hydrogen) atoms. The van der Waals surface area contributed by atoms with E-state index in [0.717, 1.165) is 16.5 Å². The topological polar surface area (TPSA) is 59.4 Å². The number of aryl methyl sites for hydroxylation is 2. The molecule has 1 heterocycles. The number of pyridine rings is 1. The van der Waals surface area contributed by atoms with Crippen molar-refractivity contribution >= 4 is 26.6 Å². The van der Waals surface area contributed by atoms with Crippen LogP contribution in [0.4, 0.5) is 5.69 Å². The fourth-order valence-electron chi connectivity index (χ4n) is 2.58. The molecule has 0 N–H and O–H groups in total. The molecule has 0 unspecified atom stereocenters. The second-order valence-corrected chi connectivity index (χ2v) is 7.73. The van der Waals surface area contributed by atoms with Crippen molar-refractivity contribution in [2.24, 2.45) is 7.05 Å². The molecule has 0 aliphatic rings. The lowest BCUT2D eigenvalue weighted by Gasteiger charge is -2.20. The number of anilines is 1. The summed E-state index contributed by atoms with van der Waals surface area (Å²) in [6.07, 6.45) is 0. The van der Waals surface area contributed by atoms with Gasteiger partial charge in [-0.2, -0.15) is 0 Å². The van der Waals surface area contributed by atoms with E-state index in [1.165, 1.54) is 22.0 Å². The van der Waals surface area contributed by atoms with Gasteiger partial charge >= 0.3 is 0 Å². The third-order valence-electron chi connectivity index (χ3n) is 4.15. The molecule has 3 aromatic rings. The number of rotatable bonds is 3. The predicted molar refractivity (Wildman–Crippen MR) is 96.0 cm³/mol. The van der Waals surface area contributed by atoms with Crippen molar-refractivity contribution in [3.63, 3.8) is 0 Å². The second-order valence-electron chi connectivity index (χ2n) is 5.76. The molecule has 0 fully saturated rings. The Kier molecular flexibility index (Phi) is 3.93. The first-order chi connectivity index (χ1) is 11.3. The van der Waals surface area contributed by atoms with E-state index < -0.39 is 10.0 Å². The number of hydrogen-bond donors (Lipinski definition) is 0. The van der Waals surface area contributed by atoms with Crippen molar-refractivity contribution in [2.75, 3.05) is 11.4 Å². The van der Waals surface area contributed by atoms with Crippen molar-refractivity contribution in [2.45, 2.75) is 11.8 Å². The van der Waals surface area contributed by atoms with E-state index in [9.17, 15) is 13.2 Å². The molecular formula is C18H18N2O3S. The van der Waals surface area contributed by atoms with Gasteiger partial charge in [0.2, 0.25) is 0 Å². The van der Waals surface area contributed by atoms with Crippen molar-refractivity contribution in [3.05, 3.63) is 70.5 Å². The molecular weight excluding hydrogens is 324 g/mol. The SMILES string of the molecule is Cc1ccc(S(=O)(=O)N(C)c2ccc3c(ccc(=O)n3C)c2)cc1. The van der Waals surface area contributed by atoms with Crippen LogP contribution in [0.1, 0.15) is 5.56 Å². The highest BCUT2D eigenvalue weighted by molar-refractivity contribution is 7.92. The second kappa shape index (κ2) is 5.79. The maximum Gasteiger partial charge on any atom is 0.264 e. The van der Waals surface area contributed by atoms with Crippen LogP contribution in [0, 0.1) is 6.92 Å². The Labute approximate surface area is 140 Å². The van der Waals surface area contributed by atoms with Gasteiger partial charge in [-0.3, -0.25) is 9.10 Å². The van der Waals surface area contributed by atoms with Crippen LogP contribution in [0.15, 0.2) is 64.3 Å². The molecule has 3 rings (SSSR count). The van der Waals surface area contributed by atoms with E-state index in [2.05, 4.69) is 0 Å². The number of fused-ring (bicyclic) bond motifs is 1. The summed E-state index contributed by atoms with van der Waals surface area (Å²) < 4.78 is 28.3. The molecule has 6 heteroatoms. The molecule has 0 atom stereocenters. The summed E-state index contributed by atoms with van der Waals surface area (Å²) in [4.78, 5) is 11.9. The molecule has 0 aliphatic carbocycles. The normalized spacial score (nSPS) is 11.6. The molecule has 1 aromatic heterocycles. The Bertz CT molecular complexity index is 1070. The van der Waals surface area contributed by atoms with Gasteiger partial charge in [-0.15, -0.1) is 0 Å². The molecule has 2 aromatic carbocycles. The van der Waals surface area contributed by atoms with Gasteiger partial charge in [0.15, 0.2) is 0 Å². The lowest BCUT2D eigenvalue weighted by Crippen LogP contribution is -2.26. The van der Waals surface area contributed by atoms with E-state index in [1.807, 2.05) is 6.92 Å². The minimum atomic E-state index is -3.63. The largest absolute Gasteiger partial charge is 0.311 e. The standard InChI is InChI=1S/C18H18N2O3S/c1-13-4-8-16(9-5-13)24(22,23)20(3)15-7-10-17-14(12-15)6-11-18(21)19(17)2/h4-12H,1-3H3. The molecule has 0 aliphatic heterocycles. The summed E-state index contributed by atoms with van der Waals surface area (Å²) in [6.45, 7) is 1.91. The fraction of sp³-hybridized carbons (Fsp3) is 0.167. The minimum absolute atomic E-state index is 0.101. The maximum atomic E-state index is 12.8. The Morgan fingerprint density at radius 1 is 0.958 bits per heavy atom. The van der Waals surface area contributed by atoms with Gasteiger partial charge in [-0.05, 0) is 43.3 Å². The molecule has 124 valence electrons. The third kappa shape index (κ3) is 2.69. The van der Waals surface area contributed by atoms with Gasteiger partial charge < -0.3 is 4.57 Å². The summed E-state index contributed by atoms with van der Waals surface area (Å²) in [5.41, 5.74) is 2.20. The molecule has 5 nitrogen and oxygen atoms in total. The summed E-state index contributed by atoms with van der Waals surface area (Å²) in [5, 5.41) is 0.806. The van der Waals surface area contributed by atoms with Crippen molar-refractivity contribution < 1.29 is 8.42 Å². The quantitative estimate of drug-likeness (QED) is 0.735.